The highest BCUT2D eigenvalue weighted by molar-refractivity contribution is 5.80. The van der Waals surface area contributed by atoms with Crippen LogP contribution in [0.15, 0.2) is 0 Å². The van der Waals surface area contributed by atoms with E-state index in [1.807, 2.05) is 6.92 Å². The molecule has 0 saturated heterocycles. The highest BCUT2D eigenvalue weighted by Crippen LogP contribution is 2.39. The summed E-state index contributed by atoms with van der Waals surface area (Å²) in [5.41, 5.74) is 0.202. The molecule has 1 amide bonds. The zero-order valence-corrected chi connectivity index (χ0v) is 15.1. The molecule has 1 rings (SSSR count). The van der Waals surface area contributed by atoms with E-state index in [9.17, 15) is 9.59 Å². The molecular weight excluding hydrogens is 294 g/mol. The zero-order chi connectivity index (χ0) is 17.5. The fourth-order valence-electron chi connectivity index (χ4n) is 3.37. The smallest absolute Gasteiger partial charge is 0.308 e. The molecule has 2 unspecified atom stereocenters. The van der Waals surface area contributed by atoms with Crippen LogP contribution in [0.5, 0.6) is 0 Å². The number of aliphatic carboxylic acids is 1. The third kappa shape index (κ3) is 6.90. The quantitative estimate of drug-likeness (QED) is 0.661. The van der Waals surface area contributed by atoms with Crippen LogP contribution in [0.4, 0.5) is 0 Å². The van der Waals surface area contributed by atoms with Crippen molar-refractivity contribution in [2.45, 2.75) is 59.8 Å². The number of amides is 1. The molecule has 1 saturated carbocycles. The van der Waals surface area contributed by atoms with Crippen LogP contribution in [-0.4, -0.2) is 48.2 Å². The summed E-state index contributed by atoms with van der Waals surface area (Å²) in [7, 11) is 0. The van der Waals surface area contributed by atoms with Gasteiger partial charge in [0.05, 0.1) is 5.92 Å². The number of carbonyl (C=O) groups is 2. The second-order valence-electron chi connectivity index (χ2n) is 7.53. The van der Waals surface area contributed by atoms with Crippen LogP contribution in [-0.2, 0) is 14.3 Å². The third-order valence-corrected chi connectivity index (χ3v) is 4.70. The molecule has 23 heavy (non-hydrogen) atoms. The van der Waals surface area contributed by atoms with Crippen molar-refractivity contribution >= 4 is 11.9 Å². The summed E-state index contributed by atoms with van der Waals surface area (Å²) in [6, 6.07) is 0. The molecule has 5 heteroatoms. The van der Waals surface area contributed by atoms with E-state index in [-0.39, 0.29) is 23.8 Å². The maximum absolute atomic E-state index is 12.9. The number of rotatable bonds is 9. The zero-order valence-electron chi connectivity index (χ0n) is 15.1. The molecule has 0 aromatic rings. The van der Waals surface area contributed by atoms with Crippen LogP contribution < -0.4 is 0 Å². The first kappa shape index (κ1) is 19.9. The molecule has 134 valence electrons. The van der Waals surface area contributed by atoms with Crippen molar-refractivity contribution in [2.75, 3.05) is 26.3 Å². The monoisotopic (exact) mass is 327 g/mol. The van der Waals surface area contributed by atoms with Gasteiger partial charge in [-0.2, -0.15) is 0 Å². The first-order chi connectivity index (χ1) is 10.8. The third-order valence-electron chi connectivity index (χ3n) is 4.70. The van der Waals surface area contributed by atoms with Crippen molar-refractivity contribution in [3.05, 3.63) is 0 Å². The summed E-state index contributed by atoms with van der Waals surface area (Å²) in [5.74, 6) is -1.23. The molecule has 2 atom stereocenters. The minimum absolute atomic E-state index is 0.0341. The average Bonchev–Trinajstić information content (AvgIpc) is 2.48. The maximum Gasteiger partial charge on any atom is 0.308 e. The van der Waals surface area contributed by atoms with Gasteiger partial charge >= 0.3 is 5.97 Å². The van der Waals surface area contributed by atoms with E-state index in [1.54, 1.807) is 11.8 Å². The fourth-order valence-corrected chi connectivity index (χ4v) is 3.37. The van der Waals surface area contributed by atoms with Crippen LogP contribution in [0, 0.1) is 17.3 Å². The highest BCUT2D eigenvalue weighted by atomic mass is 16.5. The number of ether oxygens (including phenoxy) is 1. The van der Waals surface area contributed by atoms with E-state index in [2.05, 4.69) is 13.8 Å². The van der Waals surface area contributed by atoms with E-state index in [1.165, 1.54) is 0 Å². The number of hydrogen-bond acceptors (Lipinski definition) is 3. The van der Waals surface area contributed by atoms with E-state index in [4.69, 9.17) is 9.84 Å². The summed E-state index contributed by atoms with van der Waals surface area (Å²) < 4.78 is 5.34. The van der Waals surface area contributed by atoms with Gasteiger partial charge in [-0.05, 0) is 38.0 Å². The first-order valence-electron chi connectivity index (χ1n) is 8.86. The number of carboxylic acids is 1. The Morgan fingerprint density at radius 2 is 2.09 bits per heavy atom. The van der Waals surface area contributed by atoms with Gasteiger partial charge in [0.25, 0.3) is 0 Å². The normalized spacial score (nSPS) is 21.7. The molecule has 1 aliphatic rings. The van der Waals surface area contributed by atoms with Gasteiger partial charge < -0.3 is 14.7 Å². The molecule has 0 spiro atoms. The molecule has 0 bridgehead atoms. The Labute approximate surface area is 140 Å². The lowest BCUT2D eigenvalue weighted by Crippen LogP contribution is -2.43. The van der Waals surface area contributed by atoms with Gasteiger partial charge in [-0.3, -0.25) is 9.59 Å². The molecule has 0 aliphatic heterocycles. The number of hydrogen-bond donors (Lipinski definition) is 1. The van der Waals surface area contributed by atoms with Crippen LogP contribution in [0.3, 0.4) is 0 Å². The number of carboxylic acid groups (broad SMARTS) is 1. The van der Waals surface area contributed by atoms with Gasteiger partial charge in [-0.1, -0.05) is 27.2 Å². The largest absolute Gasteiger partial charge is 0.481 e. The van der Waals surface area contributed by atoms with E-state index >= 15 is 0 Å². The van der Waals surface area contributed by atoms with Crippen molar-refractivity contribution in [2.24, 2.45) is 17.3 Å². The molecule has 0 radical (unpaired) electrons. The summed E-state index contributed by atoms with van der Waals surface area (Å²) >= 11 is 0. The van der Waals surface area contributed by atoms with Crippen molar-refractivity contribution in [3.63, 3.8) is 0 Å². The van der Waals surface area contributed by atoms with Crippen molar-refractivity contribution in [1.82, 2.24) is 4.90 Å². The molecule has 0 heterocycles. The highest BCUT2D eigenvalue weighted by Gasteiger charge is 2.34. The Morgan fingerprint density at radius 1 is 1.39 bits per heavy atom. The Bertz CT molecular complexity index is 394. The van der Waals surface area contributed by atoms with Crippen LogP contribution in [0.25, 0.3) is 0 Å². The molecule has 5 nitrogen and oxygen atoms in total. The Morgan fingerprint density at radius 3 is 2.65 bits per heavy atom. The van der Waals surface area contributed by atoms with Crippen molar-refractivity contribution in [1.29, 1.82) is 0 Å². The minimum atomic E-state index is -0.850. The van der Waals surface area contributed by atoms with Gasteiger partial charge in [-0.25, -0.2) is 0 Å². The van der Waals surface area contributed by atoms with Crippen LogP contribution >= 0.6 is 0 Å². The Hall–Kier alpha value is -1.10. The van der Waals surface area contributed by atoms with Gasteiger partial charge in [0.2, 0.25) is 5.91 Å². The van der Waals surface area contributed by atoms with Crippen molar-refractivity contribution < 1.29 is 19.4 Å². The lowest BCUT2D eigenvalue weighted by atomic mass is 9.72. The van der Waals surface area contributed by atoms with Crippen molar-refractivity contribution in [3.8, 4) is 0 Å². The Balaban J connectivity index is 2.68. The second kappa shape index (κ2) is 9.26. The number of nitrogens with zero attached hydrogens (tertiary/aromatic N) is 1. The van der Waals surface area contributed by atoms with Gasteiger partial charge in [0, 0.05) is 32.2 Å². The topological polar surface area (TPSA) is 66.8 Å². The van der Waals surface area contributed by atoms with Crippen LogP contribution in [0.1, 0.15) is 59.8 Å². The first-order valence-corrected chi connectivity index (χ1v) is 8.86. The van der Waals surface area contributed by atoms with Gasteiger partial charge in [0.15, 0.2) is 0 Å². The molecule has 1 N–H and O–H groups in total. The van der Waals surface area contributed by atoms with E-state index in [0.29, 0.717) is 19.8 Å². The van der Waals surface area contributed by atoms with Crippen LogP contribution in [0.2, 0.25) is 0 Å². The van der Waals surface area contributed by atoms with Gasteiger partial charge in [0.1, 0.15) is 0 Å². The summed E-state index contributed by atoms with van der Waals surface area (Å²) in [5, 5.41) is 9.15. The molecule has 0 aromatic heterocycles. The molecular formula is C18H33NO4. The minimum Gasteiger partial charge on any atom is -0.481 e. The molecule has 0 aromatic carbocycles. The molecule has 1 aliphatic carbocycles. The maximum atomic E-state index is 12.9. The lowest BCUT2D eigenvalue weighted by Gasteiger charge is -2.37. The summed E-state index contributed by atoms with van der Waals surface area (Å²) in [4.78, 5) is 25.8. The Kier molecular flexibility index (Phi) is 8.03. The standard InChI is InChI=1S/C18H33NO4/c1-5-23-11-7-10-19(13-14(2)17(21)22)16(20)15-8-6-9-18(3,4)12-15/h14-15H,5-13H2,1-4H3,(H,21,22). The predicted octanol–water partition coefficient (Wildman–Crippen LogP) is 3.18. The fraction of sp³-hybridized carbons (Fsp3) is 0.889. The van der Waals surface area contributed by atoms with E-state index in [0.717, 1.165) is 32.1 Å². The average molecular weight is 327 g/mol. The van der Waals surface area contributed by atoms with Gasteiger partial charge in [-0.15, -0.1) is 0 Å². The lowest BCUT2D eigenvalue weighted by molar-refractivity contribution is -0.144. The molecule has 1 fully saturated rings. The predicted molar refractivity (Wildman–Crippen MR) is 90.2 cm³/mol. The summed E-state index contributed by atoms with van der Waals surface area (Å²) in [6.07, 6.45) is 4.81. The second-order valence-corrected chi connectivity index (χ2v) is 7.53. The SMILES string of the molecule is CCOCCCN(CC(C)C(=O)O)C(=O)C1CCCC(C)(C)C1. The summed E-state index contributed by atoms with van der Waals surface area (Å²) in [6.45, 7) is 10.2. The number of carbonyl (C=O) groups excluding carboxylic acids is 1. The van der Waals surface area contributed by atoms with E-state index < -0.39 is 11.9 Å².